The highest BCUT2D eigenvalue weighted by Crippen LogP contribution is 2.38. The van der Waals surface area contributed by atoms with Crippen LogP contribution in [0.4, 0.5) is 0 Å². The Kier molecular flexibility index (Phi) is 7.97. The molecular weight excluding hydrogens is 498 g/mol. The molecule has 3 heterocycles. The SMILES string of the molecule is CCOCCN(CC)C1CCC(c2cnc3c(c2)c(-c2cnn(C)c2)cn3S(=O)(=O)c2ccccc2)CC1. The zero-order valence-corrected chi connectivity index (χ0v) is 23.3. The van der Waals surface area contributed by atoms with Gasteiger partial charge in [0.25, 0.3) is 10.0 Å². The fourth-order valence-electron chi connectivity index (χ4n) is 5.70. The molecule has 1 fully saturated rings. The standard InChI is InChI=1S/C29H37N5O3S/c1-4-33(15-16-37-5-2)25-13-11-22(12-14-25)23-17-27-28(24-19-31-32(3)20-24)21-34(29(27)30-18-23)38(35,36)26-9-7-6-8-10-26/h6-10,17-22,25H,4-5,11-16H2,1-3H3. The molecule has 9 heteroatoms. The zero-order valence-electron chi connectivity index (χ0n) is 22.5. The summed E-state index contributed by atoms with van der Waals surface area (Å²) in [6.45, 7) is 7.82. The van der Waals surface area contributed by atoms with E-state index in [2.05, 4.69) is 23.0 Å². The van der Waals surface area contributed by atoms with E-state index in [0.717, 1.165) is 68.5 Å². The average Bonchev–Trinajstić information content (AvgIpc) is 3.55. The second kappa shape index (κ2) is 11.4. The molecule has 1 saturated carbocycles. The van der Waals surface area contributed by atoms with Crippen molar-refractivity contribution in [2.75, 3.05) is 26.3 Å². The van der Waals surface area contributed by atoms with E-state index in [1.54, 1.807) is 41.3 Å². The predicted molar refractivity (Wildman–Crippen MR) is 150 cm³/mol. The number of likely N-dealkylation sites (N-methyl/N-ethyl adjacent to an activating group) is 1. The van der Waals surface area contributed by atoms with Gasteiger partial charge in [-0.25, -0.2) is 17.4 Å². The summed E-state index contributed by atoms with van der Waals surface area (Å²) in [4.78, 5) is 7.53. The normalized spacial score (nSPS) is 18.4. The summed E-state index contributed by atoms with van der Waals surface area (Å²) in [5.41, 5.74) is 3.31. The van der Waals surface area contributed by atoms with Crippen LogP contribution in [0, 0.1) is 0 Å². The van der Waals surface area contributed by atoms with E-state index >= 15 is 0 Å². The van der Waals surface area contributed by atoms with Gasteiger partial charge in [-0.1, -0.05) is 25.1 Å². The number of nitrogens with zero attached hydrogens (tertiary/aromatic N) is 5. The first-order valence-corrected chi connectivity index (χ1v) is 15.0. The molecule has 0 spiro atoms. The lowest BCUT2D eigenvalue weighted by molar-refractivity contribution is 0.0834. The summed E-state index contributed by atoms with van der Waals surface area (Å²) < 4.78 is 35.8. The van der Waals surface area contributed by atoms with Crippen LogP contribution >= 0.6 is 0 Å². The Morgan fingerprint density at radius 1 is 1.05 bits per heavy atom. The van der Waals surface area contributed by atoms with Crippen molar-refractivity contribution in [3.8, 4) is 11.1 Å². The lowest BCUT2D eigenvalue weighted by Crippen LogP contribution is -2.39. The summed E-state index contributed by atoms with van der Waals surface area (Å²) in [6, 6.07) is 11.2. The van der Waals surface area contributed by atoms with Gasteiger partial charge in [0.1, 0.15) is 0 Å². The highest BCUT2D eigenvalue weighted by atomic mass is 32.2. The van der Waals surface area contributed by atoms with E-state index in [1.165, 1.54) is 9.54 Å². The molecule has 0 N–H and O–H groups in total. The Bertz CT molecular complexity index is 1470. The molecular formula is C29H37N5O3S. The molecule has 0 amide bonds. The number of hydrogen-bond acceptors (Lipinski definition) is 6. The van der Waals surface area contributed by atoms with Gasteiger partial charge in [0.2, 0.25) is 0 Å². The first-order valence-electron chi connectivity index (χ1n) is 13.5. The summed E-state index contributed by atoms with van der Waals surface area (Å²) in [5.74, 6) is 0.407. The highest BCUT2D eigenvalue weighted by Gasteiger charge is 2.28. The minimum atomic E-state index is -3.80. The molecule has 0 aliphatic heterocycles. The molecule has 3 aromatic heterocycles. The van der Waals surface area contributed by atoms with E-state index in [-0.39, 0.29) is 4.90 Å². The predicted octanol–water partition coefficient (Wildman–Crippen LogP) is 5.06. The Morgan fingerprint density at radius 3 is 2.47 bits per heavy atom. The fraction of sp³-hybridized carbons (Fsp3) is 0.448. The maximum Gasteiger partial charge on any atom is 0.269 e. The van der Waals surface area contributed by atoms with Crippen LogP contribution in [-0.2, 0) is 21.8 Å². The maximum atomic E-state index is 13.6. The lowest BCUT2D eigenvalue weighted by atomic mass is 9.81. The Balaban J connectivity index is 1.46. The summed E-state index contributed by atoms with van der Waals surface area (Å²) in [5, 5.41) is 5.16. The molecule has 1 aliphatic rings. The number of rotatable bonds is 10. The molecule has 38 heavy (non-hydrogen) atoms. The second-order valence-corrected chi connectivity index (χ2v) is 11.8. The van der Waals surface area contributed by atoms with Gasteiger partial charge in [0.05, 0.1) is 17.7 Å². The average molecular weight is 536 g/mol. The smallest absolute Gasteiger partial charge is 0.269 e. The van der Waals surface area contributed by atoms with Crippen LogP contribution in [0.15, 0.2) is 66.1 Å². The number of aromatic nitrogens is 4. The lowest BCUT2D eigenvalue weighted by Gasteiger charge is -2.36. The molecule has 4 aromatic rings. The van der Waals surface area contributed by atoms with Crippen molar-refractivity contribution in [3.05, 3.63) is 66.7 Å². The number of benzene rings is 1. The largest absolute Gasteiger partial charge is 0.380 e. The number of aryl methyl sites for hydroxylation is 1. The zero-order chi connectivity index (χ0) is 26.7. The number of pyridine rings is 1. The van der Waals surface area contributed by atoms with Crippen LogP contribution in [0.2, 0.25) is 0 Å². The van der Waals surface area contributed by atoms with E-state index in [4.69, 9.17) is 9.72 Å². The first-order chi connectivity index (χ1) is 18.4. The summed E-state index contributed by atoms with van der Waals surface area (Å²) in [6.07, 6.45) is 11.7. The topological polar surface area (TPSA) is 82.2 Å². The van der Waals surface area contributed by atoms with Crippen LogP contribution in [0.3, 0.4) is 0 Å². The quantitative estimate of drug-likeness (QED) is 0.264. The fourth-order valence-corrected chi connectivity index (χ4v) is 7.04. The molecule has 0 radical (unpaired) electrons. The minimum Gasteiger partial charge on any atom is -0.380 e. The molecule has 8 nitrogen and oxygen atoms in total. The molecule has 0 bridgehead atoms. The van der Waals surface area contributed by atoms with Crippen molar-refractivity contribution < 1.29 is 13.2 Å². The number of ether oxygens (including phenoxy) is 1. The molecule has 5 rings (SSSR count). The van der Waals surface area contributed by atoms with Crippen molar-refractivity contribution in [2.24, 2.45) is 7.05 Å². The molecule has 0 unspecified atom stereocenters. The van der Waals surface area contributed by atoms with E-state index in [1.807, 2.05) is 32.4 Å². The van der Waals surface area contributed by atoms with Crippen molar-refractivity contribution in [2.45, 2.75) is 56.4 Å². The van der Waals surface area contributed by atoms with Crippen LogP contribution in [-0.4, -0.2) is 64.4 Å². The number of hydrogen-bond donors (Lipinski definition) is 0. The van der Waals surface area contributed by atoms with Gasteiger partial charge in [-0.2, -0.15) is 5.10 Å². The number of fused-ring (bicyclic) bond motifs is 1. The highest BCUT2D eigenvalue weighted by molar-refractivity contribution is 7.90. The van der Waals surface area contributed by atoms with Crippen molar-refractivity contribution in [3.63, 3.8) is 0 Å². The summed E-state index contributed by atoms with van der Waals surface area (Å²) in [7, 11) is -1.94. The molecule has 1 aliphatic carbocycles. The Labute approximate surface area is 225 Å². The molecule has 0 saturated heterocycles. The van der Waals surface area contributed by atoms with E-state index in [9.17, 15) is 8.42 Å². The van der Waals surface area contributed by atoms with Gasteiger partial charge in [-0.05, 0) is 68.8 Å². The van der Waals surface area contributed by atoms with Crippen molar-refractivity contribution >= 4 is 21.1 Å². The second-order valence-electron chi connectivity index (χ2n) is 10.0. The van der Waals surface area contributed by atoms with E-state index < -0.39 is 10.0 Å². The van der Waals surface area contributed by atoms with Gasteiger partial charge in [0.15, 0.2) is 5.65 Å². The van der Waals surface area contributed by atoms with Gasteiger partial charge < -0.3 is 4.74 Å². The minimum absolute atomic E-state index is 0.239. The van der Waals surface area contributed by atoms with Gasteiger partial charge in [0, 0.05) is 61.3 Å². The molecule has 1 aromatic carbocycles. The van der Waals surface area contributed by atoms with Crippen LogP contribution in [0.25, 0.3) is 22.2 Å². The Hall–Kier alpha value is -3.01. The third-order valence-electron chi connectivity index (χ3n) is 7.77. The van der Waals surface area contributed by atoms with Crippen LogP contribution in [0.5, 0.6) is 0 Å². The van der Waals surface area contributed by atoms with Crippen molar-refractivity contribution in [1.29, 1.82) is 0 Å². The van der Waals surface area contributed by atoms with Crippen LogP contribution in [0.1, 0.15) is 51.0 Å². The molecule has 0 atom stereocenters. The third-order valence-corrected chi connectivity index (χ3v) is 9.43. The van der Waals surface area contributed by atoms with Gasteiger partial charge in [-0.3, -0.25) is 9.58 Å². The first kappa shape index (κ1) is 26.6. The van der Waals surface area contributed by atoms with Crippen LogP contribution < -0.4 is 0 Å². The van der Waals surface area contributed by atoms with Crippen molar-refractivity contribution in [1.82, 2.24) is 23.6 Å². The van der Waals surface area contributed by atoms with Gasteiger partial charge in [-0.15, -0.1) is 0 Å². The summed E-state index contributed by atoms with van der Waals surface area (Å²) >= 11 is 0. The van der Waals surface area contributed by atoms with E-state index in [0.29, 0.717) is 17.6 Å². The Morgan fingerprint density at radius 2 is 1.82 bits per heavy atom. The monoisotopic (exact) mass is 535 g/mol. The molecule has 202 valence electrons. The third kappa shape index (κ3) is 5.28. The maximum absolute atomic E-state index is 13.6. The van der Waals surface area contributed by atoms with Gasteiger partial charge >= 0.3 is 0 Å².